The van der Waals surface area contributed by atoms with E-state index in [0.717, 1.165) is 10.8 Å². The first-order valence-electron chi connectivity index (χ1n) is 12.3. The maximum atomic E-state index is 13.8. The van der Waals surface area contributed by atoms with Gasteiger partial charge in [0.05, 0.1) is 21.5 Å². The van der Waals surface area contributed by atoms with Gasteiger partial charge in [-0.15, -0.1) is 0 Å². The highest BCUT2D eigenvalue weighted by Gasteiger charge is 2.47. The van der Waals surface area contributed by atoms with Crippen molar-refractivity contribution in [1.82, 2.24) is 14.6 Å². The summed E-state index contributed by atoms with van der Waals surface area (Å²) < 4.78 is 53.0. The van der Waals surface area contributed by atoms with Crippen LogP contribution < -0.4 is 20.9 Å². The molecular formula is C23H29N4O9P. The number of aliphatic hydroxyl groups is 1. The van der Waals surface area contributed by atoms with E-state index in [0.29, 0.717) is 0 Å². The minimum absolute atomic E-state index is 0.00416. The van der Waals surface area contributed by atoms with Crippen molar-refractivity contribution in [2.75, 3.05) is 6.56 Å². The Balaban J connectivity index is 1.94. The summed E-state index contributed by atoms with van der Waals surface area (Å²) in [5.41, 5.74) is -1.53. The molecule has 2 aromatic rings. The number of nitrogens with zero attached hydrogens (tertiary/aromatic N) is 2. The van der Waals surface area contributed by atoms with E-state index in [-0.39, 0.29) is 11.3 Å². The smallest absolute Gasteiger partial charge is 0.459 e. The molecule has 0 amide bonds. The van der Waals surface area contributed by atoms with Crippen LogP contribution >= 0.6 is 7.75 Å². The summed E-state index contributed by atoms with van der Waals surface area (Å²) in [5, 5.41) is 22.8. The van der Waals surface area contributed by atoms with Gasteiger partial charge in [-0.25, -0.2) is 9.36 Å². The van der Waals surface area contributed by atoms with Crippen LogP contribution in [0.5, 0.6) is 5.75 Å². The molecule has 0 aliphatic carbocycles. The normalized spacial score (nSPS) is 24.9. The molecule has 2 unspecified atom stereocenters. The van der Waals surface area contributed by atoms with Crippen molar-refractivity contribution in [2.45, 2.75) is 58.3 Å². The van der Waals surface area contributed by atoms with Gasteiger partial charge in [0.2, 0.25) is 0 Å². The van der Waals surface area contributed by atoms with Crippen LogP contribution in [-0.2, 0) is 23.4 Å². The topological polar surface area (TPSA) is 182 Å². The molecule has 0 saturated carbocycles. The standard InChI is InChI=1S/C23H29N4O9P/c1-13(2)34-22(30)15(4)26-37(32,36-16-8-6-5-7-9-16)33-12-18-19(28)17(10-24)21(35-18)27-11-14(3)20(29)25-23(27)31/h5-9,11,13,15,17-19,21,28H,12H2,1-4H3,(H,26,32)(H,25,29,31)/t15-,17+,18-,19?,21-,37?/m0/s1/i12D2. The highest BCUT2D eigenvalue weighted by molar-refractivity contribution is 7.52. The lowest BCUT2D eigenvalue weighted by molar-refractivity contribution is -0.149. The van der Waals surface area contributed by atoms with Crippen molar-refractivity contribution >= 4 is 13.7 Å². The second-order valence-electron chi connectivity index (χ2n) is 8.52. The predicted molar refractivity (Wildman–Crippen MR) is 130 cm³/mol. The quantitative estimate of drug-likeness (QED) is 0.293. The summed E-state index contributed by atoms with van der Waals surface area (Å²) in [6, 6.07) is 8.08. The SMILES string of the molecule is [2H]C([2H])(OP(=O)(N[C@@H](C)C(=O)OC(C)C)Oc1ccccc1)[C@@H]1O[C@H](n2cc(C)c(=O)[nH]c2=O)[C@H](C#N)C1O. The van der Waals surface area contributed by atoms with E-state index in [2.05, 4.69) is 5.09 Å². The molecule has 1 aromatic heterocycles. The molecule has 3 rings (SSSR count). The number of aromatic nitrogens is 2. The van der Waals surface area contributed by atoms with Crippen molar-refractivity contribution in [2.24, 2.45) is 5.92 Å². The highest BCUT2D eigenvalue weighted by Crippen LogP contribution is 2.46. The maximum Gasteiger partial charge on any atom is 0.459 e. The van der Waals surface area contributed by atoms with Crippen LogP contribution in [-0.4, -0.2) is 51.5 Å². The van der Waals surface area contributed by atoms with Gasteiger partial charge >= 0.3 is 19.4 Å². The van der Waals surface area contributed by atoms with Crippen LogP contribution in [0.1, 0.15) is 35.3 Å². The second kappa shape index (κ2) is 11.9. The number of nitrogens with one attached hydrogen (secondary N) is 2. The zero-order valence-corrected chi connectivity index (χ0v) is 21.4. The molecule has 6 atom stereocenters. The number of carbonyl (C=O) groups excluding carboxylic acids is 1. The Morgan fingerprint density at radius 2 is 2.03 bits per heavy atom. The third kappa shape index (κ3) is 6.94. The number of ether oxygens (including phenoxy) is 2. The van der Waals surface area contributed by atoms with Crippen molar-refractivity contribution in [1.29, 1.82) is 5.26 Å². The monoisotopic (exact) mass is 538 g/mol. The number of rotatable bonds is 10. The van der Waals surface area contributed by atoms with Crippen LogP contribution in [0.3, 0.4) is 0 Å². The number of benzene rings is 1. The maximum absolute atomic E-state index is 13.8. The van der Waals surface area contributed by atoms with Crippen molar-refractivity contribution < 1.29 is 35.7 Å². The molecule has 3 N–H and O–H groups in total. The predicted octanol–water partition coefficient (Wildman–Crippen LogP) is 1.38. The summed E-state index contributed by atoms with van der Waals surface area (Å²) >= 11 is 0. The van der Waals surface area contributed by atoms with E-state index >= 15 is 0 Å². The Morgan fingerprint density at radius 3 is 2.65 bits per heavy atom. The molecule has 14 heteroatoms. The number of aromatic amines is 1. The number of esters is 1. The summed E-state index contributed by atoms with van der Waals surface area (Å²) in [4.78, 5) is 38.5. The van der Waals surface area contributed by atoms with Crippen LogP contribution in [0.2, 0.25) is 0 Å². The molecule has 200 valence electrons. The largest absolute Gasteiger partial charge is 0.462 e. The molecule has 0 spiro atoms. The fourth-order valence-corrected chi connectivity index (χ4v) is 4.73. The lowest BCUT2D eigenvalue weighted by Gasteiger charge is -2.25. The number of nitriles is 1. The molecule has 1 saturated heterocycles. The zero-order chi connectivity index (χ0) is 29.1. The van der Waals surface area contributed by atoms with Gasteiger partial charge < -0.3 is 19.1 Å². The van der Waals surface area contributed by atoms with E-state index in [4.69, 9.17) is 21.3 Å². The number of hydrogen-bond acceptors (Lipinski definition) is 10. The van der Waals surface area contributed by atoms with E-state index in [1.165, 1.54) is 26.0 Å². The number of hydrogen-bond donors (Lipinski definition) is 3. The third-order valence-electron chi connectivity index (χ3n) is 5.16. The van der Waals surface area contributed by atoms with Crippen LogP contribution in [0, 0.1) is 24.2 Å². The Labute approximate surface area is 215 Å². The van der Waals surface area contributed by atoms with Gasteiger partial charge in [-0.1, -0.05) is 18.2 Å². The first-order chi connectivity index (χ1) is 18.2. The van der Waals surface area contributed by atoms with Crippen molar-refractivity contribution in [3.8, 4) is 11.8 Å². The van der Waals surface area contributed by atoms with Gasteiger partial charge in [0.1, 0.15) is 29.9 Å². The summed E-state index contributed by atoms with van der Waals surface area (Å²) in [5.74, 6) is -2.30. The van der Waals surface area contributed by atoms with Crippen LogP contribution in [0.15, 0.2) is 46.1 Å². The first-order valence-corrected chi connectivity index (χ1v) is 12.8. The van der Waals surface area contributed by atoms with Gasteiger partial charge in [-0.2, -0.15) is 10.3 Å². The van der Waals surface area contributed by atoms with Crippen molar-refractivity contribution in [3.63, 3.8) is 0 Å². The van der Waals surface area contributed by atoms with E-state index < -0.39 is 68.0 Å². The first kappa shape index (κ1) is 25.4. The molecule has 37 heavy (non-hydrogen) atoms. The Kier molecular flexibility index (Phi) is 8.13. The fourth-order valence-electron chi connectivity index (χ4n) is 3.36. The second-order valence-corrected chi connectivity index (χ2v) is 10.1. The zero-order valence-electron chi connectivity index (χ0n) is 22.5. The van der Waals surface area contributed by atoms with E-state index in [9.17, 15) is 29.3 Å². The molecule has 0 bridgehead atoms. The minimum atomic E-state index is -4.75. The average molecular weight is 538 g/mol. The third-order valence-corrected chi connectivity index (χ3v) is 6.66. The number of para-hydroxylation sites is 1. The summed E-state index contributed by atoms with van der Waals surface area (Å²) in [6.07, 6.45) is -4.75. The number of carbonyl (C=O) groups is 1. The average Bonchev–Trinajstić information content (AvgIpc) is 3.17. The molecule has 1 aliphatic heterocycles. The lowest BCUT2D eigenvalue weighted by atomic mass is 10.0. The fraction of sp³-hybridized carbons (Fsp3) is 0.478. The minimum Gasteiger partial charge on any atom is -0.462 e. The molecule has 2 heterocycles. The van der Waals surface area contributed by atoms with Gasteiger partial charge in [-0.05, 0) is 39.8 Å². The molecule has 1 aromatic carbocycles. The molecule has 13 nitrogen and oxygen atoms in total. The molecule has 1 fully saturated rings. The molecular weight excluding hydrogens is 507 g/mol. The van der Waals surface area contributed by atoms with Gasteiger partial charge in [0.15, 0.2) is 6.23 Å². The highest BCUT2D eigenvalue weighted by atomic mass is 31.2. The van der Waals surface area contributed by atoms with Gasteiger partial charge in [-0.3, -0.25) is 23.7 Å². The van der Waals surface area contributed by atoms with Gasteiger partial charge in [0.25, 0.3) is 5.56 Å². The van der Waals surface area contributed by atoms with Gasteiger partial charge in [0, 0.05) is 11.8 Å². The molecule has 1 aliphatic rings. The van der Waals surface area contributed by atoms with E-state index in [1.54, 1.807) is 38.1 Å². The number of aliphatic hydroxyl groups excluding tert-OH is 1. The van der Waals surface area contributed by atoms with E-state index in [1.807, 2.05) is 4.98 Å². The number of aryl methyl sites for hydroxylation is 1. The van der Waals surface area contributed by atoms with Crippen LogP contribution in [0.25, 0.3) is 0 Å². The summed E-state index contributed by atoms with van der Waals surface area (Å²) in [6.45, 7) is 2.81. The van der Waals surface area contributed by atoms with Crippen LogP contribution in [0.4, 0.5) is 0 Å². The lowest BCUT2D eigenvalue weighted by Crippen LogP contribution is -2.37. The number of H-pyrrole nitrogens is 1. The van der Waals surface area contributed by atoms with Crippen molar-refractivity contribution in [3.05, 3.63) is 62.9 Å². The Hall–Kier alpha value is -3.27. The Morgan fingerprint density at radius 1 is 1.35 bits per heavy atom. The molecule has 0 radical (unpaired) electrons. The summed E-state index contributed by atoms with van der Waals surface area (Å²) in [7, 11) is -4.75. The Bertz CT molecular complexity index is 1390.